The van der Waals surface area contributed by atoms with Crippen molar-refractivity contribution >= 4 is 11.9 Å². The molecule has 0 fully saturated rings. The summed E-state index contributed by atoms with van der Waals surface area (Å²) in [6.45, 7) is 3.49. The molecule has 0 unspecified atom stereocenters. The fourth-order valence-electron chi connectivity index (χ4n) is 2.28. The van der Waals surface area contributed by atoms with Crippen LogP contribution in [0.4, 0.5) is 4.39 Å². The zero-order valence-electron chi connectivity index (χ0n) is 13.8. The van der Waals surface area contributed by atoms with E-state index in [1.54, 1.807) is 19.9 Å². The minimum Gasteiger partial charge on any atom is -0.481 e. The Hall–Kier alpha value is -3.03. The van der Waals surface area contributed by atoms with Crippen molar-refractivity contribution in [3.05, 3.63) is 58.3 Å². The number of amides is 1. The first kappa shape index (κ1) is 18.3. The largest absolute Gasteiger partial charge is 0.481 e. The highest BCUT2D eigenvalue weighted by atomic mass is 19.1. The second-order valence-corrected chi connectivity index (χ2v) is 5.66. The van der Waals surface area contributed by atoms with Gasteiger partial charge >= 0.3 is 5.97 Å². The molecule has 0 aliphatic carbocycles. The summed E-state index contributed by atoms with van der Waals surface area (Å²) in [6, 6.07) is 7.70. The van der Waals surface area contributed by atoms with Crippen LogP contribution >= 0.6 is 0 Å². The maximum atomic E-state index is 13.9. The maximum Gasteiger partial charge on any atom is 0.305 e. The highest BCUT2D eigenvalue weighted by Gasteiger charge is 2.22. The molecule has 0 radical (unpaired) electrons. The first-order chi connectivity index (χ1) is 11.8. The summed E-state index contributed by atoms with van der Waals surface area (Å²) in [5, 5.41) is 12.8. The van der Waals surface area contributed by atoms with Crippen molar-refractivity contribution in [3.63, 3.8) is 0 Å². The monoisotopic (exact) mass is 347 g/mol. The van der Waals surface area contributed by atoms with E-state index in [4.69, 9.17) is 5.11 Å². The van der Waals surface area contributed by atoms with Crippen LogP contribution in [0.15, 0.2) is 41.2 Å². The van der Waals surface area contributed by atoms with Crippen molar-refractivity contribution in [2.45, 2.75) is 26.3 Å². The lowest BCUT2D eigenvalue weighted by Crippen LogP contribution is -2.39. The standard InChI is InChI=1S/C17H18FN3O4/c1-11(2)20(10-9-16(23)24)17(25)13-7-8-15(22)21(19-13)14-6-4-3-5-12(14)18/h3-8,11H,9-10H2,1-2H3,(H,23,24). The molecule has 1 aromatic heterocycles. The van der Waals surface area contributed by atoms with Crippen LogP contribution in [0.3, 0.4) is 0 Å². The Balaban J connectivity index is 2.41. The van der Waals surface area contributed by atoms with Gasteiger partial charge in [0.05, 0.1) is 6.42 Å². The molecule has 0 spiro atoms. The molecule has 2 aromatic rings. The van der Waals surface area contributed by atoms with Crippen LogP contribution < -0.4 is 5.56 Å². The van der Waals surface area contributed by atoms with Gasteiger partial charge in [-0.1, -0.05) is 12.1 Å². The number of para-hydroxylation sites is 1. The fourth-order valence-corrected chi connectivity index (χ4v) is 2.28. The minimum atomic E-state index is -1.03. The molecule has 2 rings (SSSR count). The van der Waals surface area contributed by atoms with Crippen molar-refractivity contribution in [3.8, 4) is 5.69 Å². The predicted octanol–water partition coefficient (Wildman–Crippen LogP) is 1.70. The highest BCUT2D eigenvalue weighted by Crippen LogP contribution is 2.11. The number of hydrogen-bond acceptors (Lipinski definition) is 4. The van der Waals surface area contributed by atoms with Gasteiger partial charge in [-0.2, -0.15) is 9.78 Å². The summed E-state index contributed by atoms with van der Waals surface area (Å²) in [6.07, 6.45) is -0.211. The van der Waals surface area contributed by atoms with Gasteiger partial charge in [-0.25, -0.2) is 4.39 Å². The topological polar surface area (TPSA) is 92.5 Å². The molecule has 25 heavy (non-hydrogen) atoms. The Kier molecular flexibility index (Phi) is 5.63. The zero-order chi connectivity index (χ0) is 18.6. The second kappa shape index (κ2) is 7.69. The SMILES string of the molecule is CC(C)N(CCC(=O)O)C(=O)c1ccc(=O)n(-c2ccccc2F)n1. The molecule has 0 saturated carbocycles. The van der Waals surface area contributed by atoms with Crippen molar-refractivity contribution < 1.29 is 19.1 Å². The lowest BCUT2D eigenvalue weighted by atomic mass is 10.2. The van der Waals surface area contributed by atoms with Gasteiger partial charge in [-0.15, -0.1) is 0 Å². The number of carbonyl (C=O) groups excluding carboxylic acids is 1. The molecule has 1 amide bonds. The number of aromatic nitrogens is 2. The normalized spacial score (nSPS) is 10.7. The molecule has 0 saturated heterocycles. The van der Waals surface area contributed by atoms with Gasteiger partial charge in [0.25, 0.3) is 11.5 Å². The average Bonchev–Trinajstić information content (AvgIpc) is 2.55. The van der Waals surface area contributed by atoms with Gasteiger partial charge in [-0.05, 0) is 32.0 Å². The molecule has 8 heteroatoms. The molecular weight excluding hydrogens is 329 g/mol. The molecular formula is C17H18FN3O4. The molecule has 132 valence electrons. The summed E-state index contributed by atoms with van der Waals surface area (Å²) in [5.41, 5.74) is -0.714. The fraction of sp³-hybridized carbons (Fsp3) is 0.294. The zero-order valence-corrected chi connectivity index (χ0v) is 13.8. The first-order valence-electron chi connectivity index (χ1n) is 7.69. The second-order valence-electron chi connectivity index (χ2n) is 5.66. The Morgan fingerprint density at radius 3 is 2.52 bits per heavy atom. The van der Waals surface area contributed by atoms with Gasteiger partial charge < -0.3 is 10.0 Å². The Bertz CT molecular complexity index is 848. The number of aliphatic carboxylic acids is 1. The van der Waals surface area contributed by atoms with Gasteiger partial charge in [-0.3, -0.25) is 14.4 Å². The molecule has 0 aliphatic rings. The minimum absolute atomic E-state index is 0.00629. The van der Waals surface area contributed by atoms with E-state index in [0.717, 1.165) is 10.7 Å². The van der Waals surface area contributed by atoms with Crippen LogP contribution in [-0.4, -0.2) is 44.3 Å². The third-order valence-electron chi connectivity index (χ3n) is 3.55. The molecule has 0 atom stereocenters. The van der Waals surface area contributed by atoms with Crippen LogP contribution in [-0.2, 0) is 4.79 Å². The van der Waals surface area contributed by atoms with Crippen molar-refractivity contribution in [1.82, 2.24) is 14.7 Å². The Morgan fingerprint density at radius 1 is 1.24 bits per heavy atom. The molecule has 1 N–H and O–H groups in total. The number of nitrogens with zero attached hydrogens (tertiary/aromatic N) is 3. The quantitative estimate of drug-likeness (QED) is 0.858. The van der Waals surface area contributed by atoms with Gasteiger partial charge in [0.15, 0.2) is 0 Å². The number of carboxylic acids is 1. The Morgan fingerprint density at radius 2 is 1.92 bits per heavy atom. The third-order valence-corrected chi connectivity index (χ3v) is 3.55. The van der Waals surface area contributed by atoms with E-state index in [9.17, 15) is 18.8 Å². The van der Waals surface area contributed by atoms with E-state index < -0.39 is 23.3 Å². The third kappa shape index (κ3) is 4.28. The van der Waals surface area contributed by atoms with Crippen molar-refractivity contribution in [1.29, 1.82) is 0 Å². The molecule has 1 heterocycles. The summed E-state index contributed by atoms with van der Waals surface area (Å²) >= 11 is 0. The summed E-state index contributed by atoms with van der Waals surface area (Å²) in [7, 11) is 0. The number of hydrogen-bond donors (Lipinski definition) is 1. The first-order valence-corrected chi connectivity index (χ1v) is 7.69. The van der Waals surface area contributed by atoms with Crippen molar-refractivity contribution in [2.24, 2.45) is 0 Å². The molecule has 1 aromatic carbocycles. The highest BCUT2D eigenvalue weighted by molar-refractivity contribution is 5.92. The maximum absolute atomic E-state index is 13.9. The summed E-state index contributed by atoms with van der Waals surface area (Å²) < 4.78 is 14.7. The van der Waals surface area contributed by atoms with E-state index in [-0.39, 0.29) is 30.4 Å². The average molecular weight is 347 g/mol. The molecule has 0 aliphatic heterocycles. The van der Waals surface area contributed by atoms with Crippen molar-refractivity contribution in [2.75, 3.05) is 6.54 Å². The number of carboxylic acid groups (broad SMARTS) is 1. The molecule has 7 nitrogen and oxygen atoms in total. The van der Waals surface area contributed by atoms with E-state index in [2.05, 4.69) is 5.10 Å². The lowest BCUT2D eigenvalue weighted by molar-refractivity contribution is -0.137. The molecule has 0 bridgehead atoms. The van der Waals surface area contributed by atoms with Gasteiger partial charge in [0.1, 0.15) is 17.2 Å². The summed E-state index contributed by atoms with van der Waals surface area (Å²) in [5.74, 6) is -2.20. The van der Waals surface area contributed by atoms with Crippen LogP contribution in [0.25, 0.3) is 5.69 Å². The van der Waals surface area contributed by atoms with Crippen LogP contribution in [0.1, 0.15) is 30.8 Å². The van der Waals surface area contributed by atoms with Gasteiger partial charge in [0.2, 0.25) is 0 Å². The van der Waals surface area contributed by atoms with Crippen LogP contribution in [0, 0.1) is 5.82 Å². The Labute approximate surface area is 143 Å². The van der Waals surface area contributed by atoms with Crippen LogP contribution in [0.2, 0.25) is 0 Å². The van der Waals surface area contributed by atoms with E-state index in [1.165, 1.54) is 29.2 Å². The van der Waals surface area contributed by atoms with Gasteiger partial charge in [0, 0.05) is 18.7 Å². The predicted molar refractivity (Wildman–Crippen MR) is 88.2 cm³/mol. The van der Waals surface area contributed by atoms with E-state index in [0.29, 0.717) is 0 Å². The smallest absolute Gasteiger partial charge is 0.305 e. The number of rotatable bonds is 6. The van der Waals surface area contributed by atoms with Crippen LogP contribution in [0.5, 0.6) is 0 Å². The summed E-state index contributed by atoms with van der Waals surface area (Å²) in [4.78, 5) is 36.7. The van der Waals surface area contributed by atoms with E-state index in [1.807, 2.05) is 0 Å². The lowest BCUT2D eigenvalue weighted by Gasteiger charge is -2.25. The number of carbonyl (C=O) groups is 2. The number of halogens is 1. The van der Waals surface area contributed by atoms with E-state index >= 15 is 0 Å². The number of benzene rings is 1.